The maximum atomic E-state index is 6.05. The van der Waals surface area contributed by atoms with E-state index in [0.717, 1.165) is 26.5 Å². The smallest absolute Gasteiger partial charge is 0.242 e. The third kappa shape index (κ3) is 3.02. The Labute approximate surface area is 134 Å². The summed E-state index contributed by atoms with van der Waals surface area (Å²) in [5, 5.41) is 0. The molecule has 112 valence electrons. The molecule has 0 fully saturated rings. The molecule has 0 N–H and O–H groups in total. The van der Waals surface area contributed by atoms with Crippen LogP contribution in [0.2, 0.25) is 0 Å². The molecule has 22 heavy (non-hydrogen) atoms. The molecule has 0 atom stereocenters. The van der Waals surface area contributed by atoms with E-state index < -0.39 is 0 Å². The van der Waals surface area contributed by atoms with Gasteiger partial charge in [0.1, 0.15) is 11.3 Å². The maximum Gasteiger partial charge on any atom is 0.242 e. The number of thiophene rings is 1. The Morgan fingerprint density at radius 1 is 1.05 bits per heavy atom. The van der Waals surface area contributed by atoms with E-state index in [1.807, 2.05) is 63.2 Å². The molecule has 0 aliphatic rings. The summed E-state index contributed by atoms with van der Waals surface area (Å²) in [7, 11) is 0. The molecule has 0 bridgehead atoms. The fraction of sp³-hybridized carbons (Fsp3) is 0.222. The SMILES string of the molecule is C=Cc1ccc(-c2nc3ccccc3nc2OC(C)(C)C)s1. The summed E-state index contributed by atoms with van der Waals surface area (Å²) < 4.78 is 6.05. The van der Waals surface area contributed by atoms with Gasteiger partial charge < -0.3 is 4.74 Å². The topological polar surface area (TPSA) is 35.0 Å². The van der Waals surface area contributed by atoms with Gasteiger partial charge in [-0.05, 0) is 45.0 Å². The van der Waals surface area contributed by atoms with Gasteiger partial charge in [0.15, 0.2) is 0 Å². The molecule has 0 saturated carbocycles. The van der Waals surface area contributed by atoms with Gasteiger partial charge in [0, 0.05) is 4.88 Å². The predicted molar refractivity (Wildman–Crippen MR) is 93.3 cm³/mol. The predicted octanol–water partition coefficient (Wildman–Crippen LogP) is 5.18. The van der Waals surface area contributed by atoms with E-state index in [9.17, 15) is 0 Å². The second-order valence-electron chi connectivity index (χ2n) is 5.99. The van der Waals surface area contributed by atoms with Crippen LogP contribution in [0.25, 0.3) is 27.7 Å². The monoisotopic (exact) mass is 310 g/mol. The second kappa shape index (κ2) is 5.54. The molecule has 2 aromatic heterocycles. The van der Waals surface area contributed by atoms with Crippen LogP contribution < -0.4 is 4.74 Å². The van der Waals surface area contributed by atoms with E-state index in [1.165, 1.54) is 0 Å². The molecule has 0 radical (unpaired) electrons. The highest BCUT2D eigenvalue weighted by atomic mass is 32.1. The largest absolute Gasteiger partial charge is 0.470 e. The van der Waals surface area contributed by atoms with Crippen molar-refractivity contribution >= 4 is 28.4 Å². The minimum atomic E-state index is -0.329. The maximum absolute atomic E-state index is 6.05. The standard InChI is InChI=1S/C18H18N2OS/c1-5-12-10-11-15(22-12)16-17(21-18(2,3)4)20-14-9-7-6-8-13(14)19-16/h5-11H,1H2,2-4H3. The second-order valence-corrected chi connectivity index (χ2v) is 7.10. The first kappa shape index (κ1) is 14.7. The Morgan fingerprint density at radius 3 is 2.32 bits per heavy atom. The van der Waals surface area contributed by atoms with Gasteiger partial charge in [0.25, 0.3) is 0 Å². The van der Waals surface area contributed by atoms with Gasteiger partial charge in [-0.2, -0.15) is 0 Å². The third-order valence-electron chi connectivity index (χ3n) is 3.00. The van der Waals surface area contributed by atoms with Crippen LogP contribution in [0.4, 0.5) is 0 Å². The highest BCUT2D eigenvalue weighted by Crippen LogP contribution is 2.35. The lowest BCUT2D eigenvalue weighted by molar-refractivity contribution is 0.125. The van der Waals surface area contributed by atoms with Crippen molar-refractivity contribution in [3.8, 4) is 16.5 Å². The van der Waals surface area contributed by atoms with Gasteiger partial charge in [0.2, 0.25) is 5.88 Å². The highest BCUT2D eigenvalue weighted by molar-refractivity contribution is 7.16. The van der Waals surface area contributed by atoms with Crippen LogP contribution in [-0.4, -0.2) is 15.6 Å². The minimum Gasteiger partial charge on any atom is -0.470 e. The molecule has 4 heteroatoms. The van der Waals surface area contributed by atoms with E-state index in [-0.39, 0.29) is 5.60 Å². The average Bonchev–Trinajstić information content (AvgIpc) is 2.93. The van der Waals surface area contributed by atoms with E-state index in [0.29, 0.717) is 5.88 Å². The van der Waals surface area contributed by atoms with Crippen LogP contribution in [-0.2, 0) is 0 Å². The van der Waals surface area contributed by atoms with Crippen LogP contribution in [0.1, 0.15) is 25.6 Å². The van der Waals surface area contributed by atoms with Crippen LogP contribution in [0.5, 0.6) is 5.88 Å². The van der Waals surface area contributed by atoms with Crippen molar-refractivity contribution < 1.29 is 4.74 Å². The molecule has 3 aromatic rings. The molecule has 0 amide bonds. The van der Waals surface area contributed by atoms with Crippen molar-refractivity contribution in [2.45, 2.75) is 26.4 Å². The highest BCUT2D eigenvalue weighted by Gasteiger charge is 2.20. The summed E-state index contributed by atoms with van der Waals surface area (Å²) in [5.41, 5.74) is 2.16. The quantitative estimate of drug-likeness (QED) is 0.668. The Kier molecular flexibility index (Phi) is 3.71. The number of para-hydroxylation sites is 2. The Hall–Kier alpha value is -2.20. The average molecular weight is 310 g/mol. The number of hydrogen-bond donors (Lipinski definition) is 0. The third-order valence-corrected chi connectivity index (χ3v) is 4.09. The molecule has 0 saturated heterocycles. The number of aromatic nitrogens is 2. The van der Waals surface area contributed by atoms with Gasteiger partial charge in [-0.25, -0.2) is 9.97 Å². The van der Waals surface area contributed by atoms with Crippen LogP contribution in [0, 0.1) is 0 Å². The zero-order chi connectivity index (χ0) is 15.7. The molecule has 0 aliphatic heterocycles. The Balaban J connectivity index is 2.20. The summed E-state index contributed by atoms with van der Waals surface area (Å²) in [6.45, 7) is 9.85. The molecular weight excluding hydrogens is 292 g/mol. The molecule has 0 spiro atoms. The van der Waals surface area contributed by atoms with Crippen LogP contribution in [0.3, 0.4) is 0 Å². The minimum absolute atomic E-state index is 0.329. The Morgan fingerprint density at radius 2 is 1.73 bits per heavy atom. The van der Waals surface area contributed by atoms with Gasteiger partial charge >= 0.3 is 0 Å². The number of ether oxygens (including phenoxy) is 1. The van der Waals surface area contributed by atoms with Crippen molar-refractivity contribution in [2.24, 2.45) is 0 Å². The fourth-order valence-corrected chi connectivity index (χ4v) is 2.93. The zero-order valence-corrected chi connectivity index (χ0v) is 13.8. The molecule has 3 nitrogen and oxygen atoms in total. The van der Waals surface area contributed by atoms with Crippen molar-refractivity contribution in [3.63, 3.8) is 0 Å². The number of fused-ring (bicyclic) bond motifs is 1. The lowest BCUT2D eigenvalue weighted by Crippen LogP contribution is -2.24. The summed E-state index contributed by atoms with van der Waals surface area (Å²) in [6.07, 6.45) is 1.84. The summed E-state index contributed by atoms with van der Waals surface area (Å²) in [4.78, 5) is 11.6. The first-order chi connectivity index (χ1) is 10.5. The van der Waals surface area contributed by atoms with E-state index >= 15 is 0 Å². The van der Waals surface area contributed by atoms with Gasteiger partial charge in [-0.1, -0.05) is 24.8 Å². The summed E-state index contributed by atoms with van der Waals surface area (Å²) in [6, 6.07) is 11.9. The van der Waals surface area contributed by atoms with Crippen molar-refractivity contribution in [3.05, 3.63) is 47.9 Å². The first-order valence-electron chi connectivity index (χ1n) is 7.15. The van der Waals surface area contributed by atoms with E-state index in [2.05, 4.69) is 11.6 Å². The molecule has 1 aromatic carbocycles. The zero-order valence-electron chi connectivity index (χ0n) is 13.0. The van der Waals surface area contributed by atoms with Crippen LogP contribution >= 0.6 is 11.3 Å². The summed E-state index contributed by atoms with van der Waals surface area (Å²) >= 11 is 1.63. The summed E-state index contributed by atoms with van der Waals surface area (Å²) in [5.74, 6) is 0.573. The molecule has 0 aliphatic carbocycles. The van der Waals surface area contributed by atoms with E-state index in [4.69, 9.17) is 9.72 Å². The molecule has 3 rings (SSSR count). The number of rotatable bonds is 3. The number of hydrogen-bond acceptors (Lipinski definition) is 4. The van der Waals surface area contributed by atoms with Crippen molar-refractivity contribution in [1.29, 1.82) is 0 Å². The van der Waals surface area contributed by atoms with Gasteiger partial charge in [-0.3, -0.25) is 0 Å². The molecule has 0 unspecified atom stereocenters. The molecule has 2 heterocycles. The Bertz CT molecular complexity index is 830. The lowest BCUT2D eigenvalue weighted by atomic mass is 10.2. The van der Waals surface area contributed by atoms with Crippen LogP contribution in [0.15, 0.2) is 43.0 Å². The van der Waals surface area contributed by atoms with E-state index in [1.54, 1.807) is 11.3 Å². The fourth-order valence-electron chi connectivity index (χ4n) is 2.10. The van der Waals surface area contributed by atoms with Gasteiger partial charge in [-0.15, -0.1) is 11.3 Å². The first-order valence-corrected chi connectivity index (χ1v) is 7.96. The van der Waals surface area contributed by atoms with Crippen molar-refractivity contribution in [2.75, 3.05) is 0 Å². The molecular formula is C18H18N2OS. The number of benzene rings is 1. The van der Waals surface area contributed by atoms with Crippen molar-refractivity contribution in [1.82, 2.24) is 9.97 Å². The number of nitrogens with zero attached hydrogens (tertiary/aromatic N) is 2. The van der Waals surface area contributed by atoms with Gasteiger partial charge in [0.05, 0.1) is 15.9 Å². The normalized spacial score (nSPS) is 11.6. The lowest BCUT2D eigenvalue weighted by Gasteiger charge is -2.21.